The van der Waals surface area contributed by atoms with Gasteiger partial charge in [-0.2, -0.15) is 5.26 Å². The number of aryl methyl sites for hydroxylation is 1. The third kappa shape index (κ3) is 5.82. The van der Waals surface area contributed by atoms with Gasteiger partial charge in [0.2, 0.25) is 0 Å². The van der Waals surface area contributed by atoms with E-state index in [9.17, 15) is 9.59 Å². The van der Waals surface area contributed by atoms with Crippen molar-refractivity contribution in [2.24, 2.45) is 5.92 Å². The van der Waals surface area contributed by atoms with Gasteiger partial charge in [0, 0.05) is 11.5 Å². The molecule has 5 rings (SSSR count). The molecule has 0 heterocycles. The smallest absolute Gasteiger partial charge is 0.307 e. The number of hydrogen-bond acceptors (Lipinski definition) is 5. The molecule has 0 amide bonds. The molecule has 5 nitrogen and oxygen atoms in total. The first-order valence-electron chi connectivity index (χ1n) is 12.7. The normalized spacial score (nSPS) is 14.4. The summed E-state index contributed by atoms with van der Waals surface area (Å²) < 4.78 is 11.9. The summed E-state index contributed by atoms with van der Waals surface area (Å²) in [5.74, 6) is -0.135. The average molecular weight is 502 g/mol. The van der Waals surface area contributed by atoms with Gasteiger partial charge >= 0.3 is 5.97 Å². The minimum absolute atomic E-state index is 0.0298. The Bertz CT molecular complexity index is 1420. The molecule has 0 N–H and O–H groups in total. The zero-order valence-electron chi connectivity index (χ0n) is 20.9. The number of hydrogen-bond donors (Lipinski definition) is 0. The fourth-order valence-electron chi connectivity index (χ4n) is 4.79. The van der Waals surface area contributed by atoms with Crippen LogP contribution in [0.2, 0.25) is 0 Å². The number of ketones is 1. The summed E-state index contributed by atoms with van der Waals surface area (Å²) in [6.45, 7) is 0.372. The molecule has 1 atom stereocenters. The largest absolute Gasteiger partial charge is 0.489 e. The molecule has 0 spiro atoms. The molecule has 0 aliphatic heterocycles. The lowest BCUT2D eigenvalue weighted by Gasteiger charge is -2.25. The Labute approximate surface area is 222 Å². The van der Waals surface area contributed by atoms with Gasteiger partial charge in [-0.25, -0.2) is 0 Å². The van der Waals surface area contributed by atoms with Crippen LogP contribution in [0, 0.1) is 17.2 Å². The summed E-state index contributed by atoms with van der Waals surface area (Å²) >= 11 is 0. The fraction of sp³-hybridized carbons (Fsp3) is 0.182. The van der Waals surface area contributed by atoms with Gasteiger partial charge in [0.05, 0.1) is 18.1 Å². The molecule has 188 valence electrons. The van der Waals surface area contributed by atoms with E-state index in [-0.39, 0.29) is 18.2 Å². The van der Waals surface area contributed by atoms with Crippen LogP contribution in [0.25, 0.3) is 0 Å². The molecule has 1 aliphatic rings. The SMILES string of the molecule is N#Cc1ccc(COc2ccc3c(c2)CCC(CC(=O)OC(c2ccccc2)c2ccccc2)C3=O)cc1. The fourth-order valence-corrected chi connectivity index (χ4v) is 4.79. The Balaban J connectivity index is 1.23. The van der Waals surface area contributed by atoms with Gasteiger partial charge in [-0.1, -0.05) is 72.8 Å². The minimum atomic E-state index is -0.522. The second-order valence-corrected chi connectivity index (χ2v) is 9.41. The highest BCUT2D eigenvalue weighted by Gasteiger charge is 2.31. The Kier molecular flexibility index (Phi) is 7.61. The Morgan fingerprint density at radius 2 is 1.55 bits per heavy atom. The number of nitrogens with zero attached hydrogens (tertiary/aromatic N) is 1. The number of nitriles is 1. The second-order valence-electron chi connectivity index (χ2n) is 9.41. The van der Waals surface area contributed by atoms with Crippen LogP contribution in [0.4, 0.5) is 0 Å². The molecule has 0 aromatic heterocycles. The molecule has 0 bridgehead atoms. The summed E-state index contributed by atoms with van der Waals surface area (Å²) in [7, 11) is 0. The van der Waals surface area contributed by atoms with Crippen molar-refractivity contribution in [3.8, 4) is 11.8 Å². The molecule has 0 fully saturated rings. The predicted octanol–water partition coefficient (Wildman–Crippen LogP) is 6.61. The van der Waals surface area contributed by atoms with Crippen molar-refractivity contribution in [2.45, 2.75) is 32.0 Å². The molecular formula is C33H27NO4. The Morgan fingerprint density at radius 3 is 2.18 bits per heavy atom. The number of carbonyl (C=O) groups excluding carboxylic acids is 2. The van der Waals surface area contributed by atoms with Crippen molar-refractivity contribution in [1.82, 2.24) is 0 Å². The monoisotopic (exact) mass is 501 g/mol. The molecule has 1 aliphatic carbocycles. The van der Waals surface area contributed by atoms with Crippen LogP contribution >= 0.6 is 0 Å². The van der Waals surface area contributed by atoms with E-state index in [1.165, 1.54) is 0 Å². The Hall–Kier alpha value is -4.69. The maximum absolute atomic E-state index is 13.3. The van der Waals surface area contributed by atoms with Gasteiger partial charge in [0.1, 0.15) is 12.4 Å². The zero-order valence-corrected chi connectivity index (χ0v) is 20.9. The lowest BCUT2D eigenvalue weighted by molar-refractivity contribution is -0.148. The van der Waals surface area contributed by atoms with E-state index >= 15 is 0 Å². The molecule has 0 saturated carbocycles. The van der Waals surface area contributed by atoms with Gasteiger partial charge in [-0.15, -0.1) is 0 Å². The maximum Gasteiger partial charge on any atom is 0.307 e. The highest BCUT2D eigenvalue weighted by atomic mass is 16.5. The minimum Gasteiger partial charge on any atom is -0.489 e. The molecule has 5 heteroatoms. The molecular weight excluding hydrogens is 474 g/mol. The van der Waals surface area contributed by atoms with Crippen molar-refractivity contribution >= 4 is 11.8 Å². The molecule has 4 aromatic carbocycles. The lowest BCUT2D eigenvalue weighted by Crippen LogP contribution is -2.26. The molecule has 0 radical (unpaired) electrons. The van der Waals surface area contributed by atoms with Crippen molar-refractivity contribution in [2.75, 3.05) is 0 Å². The van der Waals surface area contributed by atoms with E-state index < -0.39 is 12.0 Å². The topological polar surface area (TPSA) is 76.4 Å². The highest BCUT2D eigenvalue weighted by Crippen LogP contribution is 2.32. The predicted molar refractivity (Wildman–Crippen MR) is 144 cm³/mol. The first-order chi connectivity index (χ1) is 18.6. The third-order valence-corrected chi connectivity index (χ3v) is 6.83. The van der Waals surface area contributed by atoms with E-state index in [2.05, 4.69) is 6.07 Å². The first kappa shape index (κ1) is 25.0. The molecule has 0 saturated heterocycles. The van der Waals surface area contributed by atoms with Crippen LogP contribution in [0.15, 0.2) is 103 Å². The van der Waals surface area contributed by atoms with E-state index in [1.54, 1.807) is 24.3 Å². The molecule has 4 aromatic rings. The zero-order chi connectivity index (χ0) is 26.3. The summed E-state index contributed by atoms with van der Waals surface area (Å²) in [6, 6.07) is 34.1. The number of benzene rings is 4. The van der Waals surface area contributed by atoms with E-state index in [0.29, 0.717) is 36.3 Å². The summed E-state index contributed by atoms with van der Waals surface area (Å²) in [5, 5.41) is 8.94. The summed E-state index contributed by atoms with van der Waals surface area (Å²) in [5.41, 5.74) is 4.92. The van der Waals surface area contributed by atoms with Gasteiger partial charge in [0.15, 0.2) is 11.9 Å². The first-order valence-corrected chi connectivity index (χ1v) is 12.7. The second kappa shape index (κ2) is 11.6. The number of ether oxygens (including phenoxy) is 2. The Morgan fingerprint density at radius 1 is 0.895 bits per heavy atom. The van der Waals surface area contributed by atoms with Gasteiger partial charge < -0.3 is 9.47 Å². The van der Waals surface area contributed by atoms with Crippen LogP contribution in [-0.4, -0.2) is 11.8 Å². The van der Waals surface area contributed by atoms with E-state index in [4.69, 9.17) is 14.7 Å². The van der Waals surface area contributed by atoms with Gasteiger partial charge in [0.25, 0.3) is 0 Å². The lowest BCUT2D eigenvalue weighted by atomic mass is 9.81. The van der Waals surface area contributed by atoms with Crippen LogP contribution in [-0.2, 0) is 22.6 Å². The van der Waals surface area contributed by atoms with Crippen LogP contribution < -0.4 is 4.74 Å². The number of esters is 1. The van der Waals surface area contributed by atoms with Gasteiger partial charge in [-0.05, 0) is 65.4 Å². The van der Waals surface area contributed by atoms with Crippen LogP contribution in [0.3, 0.4) is 0 Å². The number of rotatable bonds is 8. The number of Topliss-reactive ketones (excluding diaryl/α,β-unsaturated/α-hetero) is 1. The van der Waals surface area contributed by atoms with Crippen molar-refractivity contribution in [3.63, 3.8) is 0 Å². The average Bonchev–Trinajstić information content (AvgIpc) is 2.97. The highest BCUT2D eigenvalue weighted by molar-refractivity contribution is 6.01. The standard InChI is InChI=1S/C33H27NO4/c34-21-23-11-13-24(14-12-23)22-37-29-17-18-30-27(19-29)15-16-28(32(30)36)20-31(35)38-33(25-7-3-1-4-8-25)26-9-5-2-6-10-26/h1-14,17-19,28,33H,15-16,20,22H2. The summed E-state index contributed by atoms with van der Waals surface area (Å²) in [4.78, 5) is 26.3. The van der Waals surface area contributed by atoms with E-state index in [0.717, 1.165) is 22.3 Å². The quantitative estimate of drug-likeness (QED) is 0.254. The van der Waals surface area contributed by atoms with Crippen LogP contribution in [0.1, 0.15) is 57.1 Å². The van der Waals surface area contributed by atoms with Crippen LogP contribution in [0.5, 0.6) is 5.75 Å². The van der Waals surface area contributed by atoms with Crippen molar-refractivity contribution in [1.29, 1.82) is 5.26 Å². The van der Waals surface area contributed by atoms with Crippen molar-refractivity contribution in [3.05, 3.63) is 137 Å². The third-order valence-electron chi connectivity index (χ3n) is 6.83. The number of carbonyl (C=O) groups is 2. The number of fused-ring (bicyclic) bond motifs is 1. The summed E-state index contributed by atoms with van der Waals surface area (Å²) in [6.07, 6.45) is 0.798. The molecule has 1 unspecified atom stereocenters. The van der Waals surface area contributed by atoms with Gasteiger partial charge in [-0.3, -0.25) is 9.59 Å². The molecule has 38 heavy (non-hydrogen) atoms. The van der Waals surface area contributed by atoms with Crippen molar-refractivity contribution < 1.29 is 19.1 Å². The maximum atomic E-state index is 13.3. The van der Waals surface area contributed by atoms with E-state index in [1.807, 2.05) is 78.9 Å².